The van der Waals surface area contributed by atoms with Crippen LogP contribution >= 0.6 is 0 Å². The van der Waals surface area contributed by atoms with Crippen LogP contribution in [0.25, 0.3) is 11.4 Å². The third-order valence-corrected chi connectivity index (χ3v) is 2.89. The van der Waals surface area contributed by atoms with E-state index in [0.29, 0.717) is 13.2 Å². The van der Waals surface area contributed by atoms with Gasteiger partial charge in [-0.3, -0.25) is 0 Å². The second kappa shape index (κ2) is 5.69. The average molecular weight is 245 g/mol. The monoisotopic (exact) mass is 245 g/mol. The molecule has 0 aliphatic heterocycles. The molecule has 0 aliphatic carbocycles. The molecule has 4 heteroatoms. The molecule has 1 heterocycles. The van der Waals surface area contributed by atoms with E-state index in [4.69, 9.17) is 10.5 Å². The third kappa shape index (κ3) is 2.54. The van der Waals surface area contributed by atoms with Crippen LogP contribution in [0.1, 0.15) is 12.6 Å². The molecule has 1 aromatic carbocycles. The summed E-state index contributed by atoms with van der Waals surface area (Å²) in [7, 11) is 2.01. The molecule has 2 rings (SSSR count). The lowest BCUT2D eigenvalue weighted by Gasteiger charge is -2.07. The minimum absolute atomic E-state index is 0.637. The van der Waals surface area contributed by atoms with Crippen LogP contribution in [0.4, 0.5) is 0 Å². The molecule has 0 unspecified atom stereocenters. The summed E-state index contributed by atoms with van der Waals surface area (Å²) in [6, 6.07) is 7.99. The number of rotatable bonds is 5. The number of aromatic nitrogens is 2. The van der Waals surface area contributed by atoms with E-state index in [0.717, 1.165) is 29.3 Å². The highest BCUT2D eigenvalue weighted by molar-refractivity contribution is 5.58. The van der Waals surface area contributed by atoms with E-state index in [-0.39, 0.29) is 0 Å². The molecule has 0 saturated heterocycles. The van der Waals surface area contributed by atoms with Crippen molar-refractivity contribution in [3.63, 3.8) is 0 Å². The van der Waals surface area contributed by atoms with Crippen molar-refractivity contribution in [2.75, 3.05) is 13.2 Å². The zero-order valence-corrected chi connectivity index (χ0v) is 10.9. The second-order valence-electron chi connectivity index (χ2n) is 4.13. The molecule has 2 N–H and O–H groups in total. The van der Waals surface area contributed by atoms with Crippen molar-refractivity contribution in [3.05, 3.63) is 36.2 Å². The van der Waals surface area contributed by atoms with E-state index in [1.165, 1.54) is 0 Å². The maximum Gasteiger partial charge on any atom is 0.139 e. The van der Waals surface area contributed by atoms with Crippen molar-refractivity contribution in [1.29, 1.82) is 0 Å². The van der Waals surface area contributed by atoms with Crippen molar-refractivity contribution in [3.8, 4) is 17.1 Å². The summed E-state index contributed by atoms with van der Waals surface area (Å²) in [5.41, 5.74) is 7.79. The summed E-state index contributed by atoms with van der Waals surface area (Å²) in [5.74, 6) is 1.82. The van der Waals surface area contributed by atoms with Crippen molar-refractivity contribution in [2.24, 2.45) is 12.8 Å². The molecule has 0 bridgehead atoms. The molecule has 0 spiro atoms. The molecule has 96 valence electrons. The van der Waals surface area contributed by atoms with E-state index in [1.54, 1.807) is 0 Å². The van der Waals surface area contributed by atoms with Crippen LogP contribution in [0.5, 0.6) is 5.75 Å². The van der Waals surface area contributed by atoms with E-state index < -0.39 is 0 Å². The predicted molar refractivity (Wildman–Crippen MR) is 72.6 cm³/mol. The van der Waals surface area contributed by atoms with Gasteiger partial charge in [0.2, 0.25) is 0 Å². The Labute approximate surface area is 107 Å². The van der Waals surface area contributed by atoms with Gasteiger partial charge >= 0.3 is 0 Å². The molecule has 0 radical (unpaired) electrons. The van der Waals surface area contributed by atoms with E-state index in [1.807, 2.05) is 44.4 Å². The number of imidazole rings is 1. The first-order valence-corrected chi connectivity index (χ1v) is 6.20. The summed E-state index contributed by atoms with van der Waals surface area (Å²) in [6.07, 6.45) is 2.73. The van der Waals surface area contributed by atoms with Gasteiger partial charge in [-0.25, -0.2) is 4.98 Å². The molecular formula is C14H19N3O. The van der Waals surface area contributed by atoms with Crippen LogP contribution in [0.3, 0.4) is 0 Å². The van der Waals surface area contributed by atoms with E-state index >= 15 is 0 Å². The van der Waals surface area contributed by atoms with Gasteiger partial charge in [0.25, 0.3) is 0 Å². The Hall–Kier alpha value is -1.81. The Morgan fingerprint density at radius 1 is 1.39 bits per heavy atom. The van der Waals surface area contributed by atoms with Gasteiger partial charge in [0.1, 0.15) is 11.6 Å². The predicted octanol–water partition coefficient (Wildman–Crippen LogP) is 1.99. The molecule has 1 aromatic heterocycles. The number of nitrogens with two attached hydrogens (primary N) is 1. The highest BCUT2D eigenvalue weighted by atomic mass is 16.5. The Morgan fingerprint density at radius 3 is 2.94 bits per heavy atom. The van der Waals surface area contributed by atoms with Crippen LogP contribution in [-0.4, -0.2) is 22.7 Å². The lowest BCUT2D eigenvalue weighted by molar-refractivity contribution is 0.340. The Balaban J connectivity index is 2.33. The fraction of sp³-hybridized carbons (Fsp3) is 0.357. The first kappa shape index (κ1) is 12.6. The molecule has 18 heavy (non-hydrogen) atoms. The highest BCUT2D eigenvalue weighted by Gasteiger charge is 2.08. The zero-order valence-electron chi connectivity index (χ0n) is 10.9. The molecule has 4 nitrogen and oxygen atoms in total. The fourth-order valence-electron chi connectivity index (χ4n) is 1.98. The van der Waals surface area contributed by atoms with E-state index in [2.05, 4.69) is 9.55 Å². The standard InChI is InChI=1S/C14H19N3O/c1-3-18-13-6-4-5-11(9-13)14-16-10-12(7-8-15)17(14)2/h4-6,9-10H,3,7-8,15H2,1-2H3. The average Bonchev–Trinajstić information content (AvgIpc) is 2.73. The molecule has 0 amide bonds. The van der Waals surface area contributed by atoms with E-state index in [9.17, 15) is 0 Å². The second-order valence-corrected chi connectivity index (χ2v) is 4.13. The number of hydrogen-bond acceptors (Lipinski definition) is 3. The maximum absolute atomic E-state index is 5.58. The number of ether oxygens (including phenoxy) is 1. The molecule has 0 aliphatic rings. The molecular weight excluding hydrogens is 226 g/mol. The van der Waals surface area contributed by atoms with Gasteiger partial charge in [0.05, 0.1) is 6.61 Å². The third-order valence-electron chi connectivity index (χ3n) is 2.89. The fourth-order valence-corrected chi connectivity index (χ4v) is 1.98. The minimum Gasteiger partial charge on any atom is -0.494 e. The number of benzene rings is 1. The summed E-state index contributed by atoms with van der Waals surface area (Å²) >= 11 is 0. The Morgan fingerprint density at radius 2 is 2.22 bits per heavy atom. The first-order valence-electron chi connectivity index (χ1n) is 6.20. The largest absolute Gasteiger partial charge is 0.494 e. The first-order chi connectivity index (χ1) is 8.76. The van der Waals surface area contributed by atoms with Crippen LogP contribution in [-0.2, 0) is 13.5 Å². The minimum atomic E-state index is 0.637. The van der Waals surface area contributed by atoms with Gasteiger partial charge in [-0.1, -0.05) is 12.1 Å². The SMILES string of the molecule is CCOc1cccc(-c2ncc(CCN)n2C)c1. The van der Waals surface area contributed by atoms with Crippen molar-refractivity contribution < 1.29 is 4.74 Å². The van der Waals surface area contributed by atoms with Gasteiger partial charge in [-0.05, 0) is 25.6 Å². The van der Waals surface area contributed by atoms with Crippen LogP contribution in [0, 0.1) is 0 Å². The zero-order chi connectivity index (χ0) is 13.0. The van der Waals surface area contributed by atoms with Gasteiger partial charge < -0.3 is 15.0 Å². The normalized spacial score (nSPS) is 10.6. The summed E-state index contributed by atoms with van der Waals surface area (Å²) in [4.78, 5) is 4.46. The van der Waals surface area contributed by atoms with Crippen molar-refractivity contribution >= 4 is 0 Å². The number of nitrogens with zero attached hydrogens (tertiary/aromatic N) is 2. The van der Waals surface area contributed by atoms with Gasteiger partial charge in [-0.15, -0.1) is 0 Å². The number of hydrogen-bond donors (Lipinski definition) is 1. The molecule has 0 atom stereocenters. The Bertz CT molecular complexity index is 520. The topological polar surface area (TPSA) is 53.1 Å². The lowest BCUT2D eigenvalue weighted by atomic mass is 10.2. The summed E-state index contributed by atoms with van der Waals surface area (Å²) in [6.45, 7) is 3.28. The molecule has 2 aromatic rings. The van der Waals surface area contributed by atoms with Crippen LogP contribution in [0.2, 0.25) is 0 Å². The van der Waals surface area contributed by atoms with Crippen LogP contribution < -0.4 is 10.5 Å². The lowest BCUT2D eigenvalue weighted by Crippen LogP contribution is -2.07. The maximum atomic E-state index is 5.58. The Kier molecular flexibility index (Phi) is 3.99. The summed E-state index contributed by atoms with van der Waals surface area (Å²) < 4.78 is 7.59. The smallest absolute Gasteiger partial charge is 0.139 e. The quantitative estimate of drug-likeness (QED) is 0.876. The van der Waals surface area contributed by atoms with Gasteiger partial charge in [0.15, 0.2) is 0 Å². The summed E-state index contributed by atoms with van der Waals surface area (Å²) in [5, 5.41) is 0. The van der Waals surface area contributed by atoms with Gasteiger partial charge in [0, 0.05) is 30.9 Å². The van der Waals surface area contributed by atoms with Crippen LogP contribution in [0.15, 0.2) is 30.5 Å². The van der Waals surface area contributed by atoms with Gasteiger partial charge in [-0.2, -0.15) is 0 Å². The highest BCUT2D eigenvalue weighted by Crippen LogP contribution is 2.23. The van der Waals surface area contributed by atoms with Crippen molar-refractivity contribution in [2.45, 2.75) is 13.3 Å². The molecule has 0 saturated carbocycles. The van der Waals surface area contributed by atoms with Crippen molar-refractivity contribution in [1.82, 2.24) is 9.55 Å². The molecule has 0 fully saturated rings.